The first-order valence-corrected chi connectivity index (χ1v) is 7.94. The molecule has 0 unspecified atom stereocenters. The minimum atomic E-state index is -0.941. The van der Waals surface area contributed by atoms with Crippen LogP contribution in [0.25, 0.3) is 16.7 Å². The van der Waals surface area contributed by atoms with Gasteiger partial charge in [0.2, 0.25) is 0 Å². The molecule has 0 bridgehead atoms. The molecule has 0 heterocycles. The number of rotatable bonds is 5. The first kappa shape index (κ1) is 16.3. The number of aryl methyl sites for hydroxylation is 1. The van der Waals surface area contributed by atoms with E-state index in [0.29, 0.717) is 6.61 Å². The zero-order valence-electron chi connectivity index (χ0n) is 14.2. The standard InChI is InChI=1S/C20H21NO3/c1-13-5-4-6-15-18(12-19(22)23)17-11-14(24-10-9-21(2)3)7-8-16(17)20(13)15/h4-8,11-12H,9-10H2,1-3H3,(H,22,23)/b18-12+. The van der Waals surface area contributed by atoms with Crippen LogP contribution in [0.4, 0.5) is 0 Å². The van der Waals surface area contributed by atoms with Crippen LogP contribution in [0.2, 0.25) is 0 Å². The van der Waals surface area contributed by atoms with Gasteiger partial charge < -0.3 is 14.7 Å². The Morgan fingerprint density at radius 1 is 1.17 bits per heavy atom. The van der Waals surface area contributed by atoms with Crippen LogP contribution in [0.5, 0.6) is 5.75 Å². The molecule has 0 atom stereocenters. The Morgan fingerprint density at radius 3 is 2.67 bits per heavy atom. The molecular formula is C20H21NO3. The molecule has 0 saturated heterocycles. The first-order chi connectivity index (χ1) is 11.5. The summed E-state index contributed by atoms with van der Waals surface area (Å²) in [6, 6.07) is 11.9. The van der Waals surface area contributed by atoms with Crippen LogP contribution >= 0.6 is 0 Å². The number of carboxylic acid groups (broad SMARTS) is 1. The molecule has 124 valence electrons. The summed E-state index contributed by atoms with van der Waals surface area (Å²) in [4.78, 5) is 13.3. The van der Waals surface area contributed by atoms with Crippen LogP contribution in [0, 0.1) is 6.92 Å². The number of fused-ring (bicyclic) bond motifs is 3. The van der Waals surface area contributed by atoms with Crippen molar-refractivity contribution in [1.82, 2.24) is 4.90 Å². The van der Waals surface area contributed by atoms with E-state index in [2.05, 4.69) is 4.90 Å². The Labute approximate surface area is 142 Å². The van der Waals surface area contributed by atoms with Gasteiger partial charge >= 0.3 is 5.97 Å². The zero-order valence-corrected chi connectivity index (χ0v) is 14.2. The summed E-state index contributed by atoms with van der Waals surface area (Å²) in [5.74, 6) is -0.179. The number of hydrogen-bond acceptors (Lipinski definition) is 3. The summed E-state index contributed by atoms with van der Waals surface area (Å²) >= 11 is 0. The van der Waals surface area contributed by atoms with E-state index >= 15 is 0 Å². The molecule has 0 saturated carbocycles. The van der Waals surface area contributed by atoms with Gasteiger partial charge in [-0.1, -0.05) is 24.3 Å². The van der Waals surface area contributed by atoms with Crippen LogP contribution in [0.3, 0.4) is 0 Å². The van der Waals surface area contributed by atoms with Gasteiger partial charge in [-0.15, -0.1) is 0 Å². The van der Waals surface area contributed by atoms with Crippen molar-refractivity contribution in [3.63, 3.8) is 0 Å². The molecule has 4 heteroatoms. The summed E-state index contributed by atoms with van der Waals surface area (Å²) in [5, 5.41) is 9.25. The Balaban J connectivity index is 2.03. The SMILES string of the molecule is Cc1cccc2c1-c1ccc(OCCN(C)C)cc1/C2=C/C(=O)O. The van der Waals surface area contributed by atoms with Gasteiger partial charge in [-0.05, 0) is 66.5 Å². The van der Waals surface area contributed by atoms with Crippen LogP contribution in [-0.4, -0.2) is 43.2 Å². The molecule has 0 fully saturated rings. The molecular weight excluding hydrogens is 302 g/mol. The number of carboxylic acids is 1. The minimum absolute atomic E-state index is 0.593. The average molecular weight is 323 g/mol. The second kappa shape index (κ2) is 6.49. The lowest BCUT2D eigenvalue weighted by molar-refractivity contribution is -0.131. The quantitative estimate of drug-likeness (QED) is 0.731. The second-order valence-corrected chi connectivity index (χ2v) is 6.25. The molecule has 0 spiro atoms. The Bertz CT molecular complexity index is 822. The summed E-state index contributed by atoms with van der Waals surface area (Å²) in [6.45, 7) is 3.47. The van der Waals surface area contributed by atoms with Crippen molar-refractivity contribution in [2.45, 2.75) is 6.92 Å². The summed E-state index contributed by atoms with van der Waals surface area (Å²) in [7, 11) is 4.00. The molecule has 1 N–H and O–H groups in total. The molecule has 1 aliphatic carbocycles. The highest BCUT2D eigenvalue weighted by Gasteiger charge is 2.25. The van der Waals surface area contributed by atoms with E-state index in [1.165, 1.54) is 6.08 Å². The smallest absolute Gasteiger partial charge is 0.328 e. The van der Waals surface area contributed by atoms with Gasteiger partial charge in [0.05, 0.1) is 0 Å². The van der Waals surface area contributed by atoms with Crippen molar-refractivity contribution in [2.24, 2.45) is 0 Å². The van der Waals surface area contributed by atoms with Gasteiger partial charge in [0.1, 0.15) is 12.4 Å². The molecule has 1 aliphatic rings. The third-order valence-electron chi connectivity index (χ3n) is 4.19. The third-order valence-corrected chi connectivity index (χ3v) is 4.19. The van der Waals surface area contributed by atoms with Crippen LogP contribution in [0.1, 0.15) is 16.7 Å². The molecule has 0 radical (unpaired) electrons. The summed E-state index contributed by atoms with van der Waals surface area (Å²) in [5.41, 5.74) is 5.95. The van der Waals surface area contributed by atoms with Gasteiger partial charge in [0.15, 0.2) is 0 Å². The molecule has 3 rings (SSSR count). The highest BCUT2D eigenvalue weighted by Crippen LogP contribution is 2.46. The van der Waals surface area contributed by atoms with Crippen molar-refractivity contribution in [1.29, 1.82) is 0 Å². The molecule has 0 aromatic heterocycles. The van der Waals surface area contributed by atoms with Crippen molar-refractivity contribution in [3.05, 3.63) is 59.2 Å². The zero-order chi connectivity index (χ0) is 17.3. The van der Waals surface area contributed by atoms with E-state index in [1.807, 2.05) is 57.4 Å². The van der Waals surface area contributed by atoms with Crippen LogP contribution < -0.4 is 4.74 Å². The molecule has 2 aromatic rings. The van der Waals surface area contributed by atoms with Gasteiger partial charge in [0.25, 0.3) is 0 Å². The molecule has 24 heavy (non-hydrogen) atoms. The molecule has 4 nitrogen and oxygen atoms in total. The van der Waals surface area contributed by atoms with Crippen molar-refractivity contribution in [3.8, 4) is 16.9 Å². The summed E-state index contributed by atoms with van der Waals surface area (Å²) < 4.78 is 5.81. The van der Waals surface area contributed by atoms with Gasteiger partial charge in [-0.2, -0.15) is 0 Å². The number of likely N-dealkylation sites (N-methyl/N-ethyl adjacent to an activating group) is 1. The van der Waals surface area contributed by atoms with E-state index in [0.717, 1.165) is 45.7 Å². The lowest BCUT2D eigenvalue weighted by Crippen LogP contribution is -2.19. The highest BCUT2D eigenvalue weighted by molar-refractivity contribution is 6.07. The number of aliphatic carboxylic acids is 1. The Hall–Kier alpha value is -2.59. The lowest BCUT2D eigenvalue weighted by Gasteiger charge is -2.12. The predicted octanol–water partition coefficient (Wildman–Crippen LogP) is 3.43. The fraction of sp³-hybridized carbons (Fsp3) is 0.250. The summed E-state index contributed by atoms with van der Waals surface area (Å²) in [6.07, 6.45) is 1.29. The van der Waals surface area contributed by atoms with Gasteiger partial charge in [0, 0.05) is 12.6 Å². The number of carbonyl (C=O) groups is 1. The molecule has 0 aliphatic heterocycles. The fourth-order valence-electron chi connectivity index (χ4n) is 3.07. The number of benzene rings is 2. The van der Waals surface area contributed by atoms with E-state index in [4.69, 9.17) is 4.74 Å². The second-order valence-electron chi connectivity index (χ2n) is 6.25. The van der Waals surface area contributed by atoms with E-state index in [9.17, 15) is 9.90 Å². The monoisotopic (exact) mass is 323 g/mol. The Morgan fingerprint density at radius 2 is 1.96 bits per heavy atom. The van der Waals surface area contributed by atoms with Crippen LogP contribution in [-0.2, 0) is 4.79 Å². The predicted molar refractivity (Wildman–Crippen MR) is 95.4 cm³/mol. The van der Waals surface area contributed by atoms with Gasteiger partial charge in [-0.25, -0.2) is 4.79 Å². The number of ether oxygens (including phenoxy) is 1. The topological polar surface area (TPSA) is 49.8 Å². The normalized spacial score (nSPS) is 13.9. The maximum absolute atomic E-state index is 11.3. The van der Waals surface area contributed by atoms with Crippen molar-refractivity contribution < 1.29 is 14.6 Å². The minimum Gasteiger partial charge on any atom is -0.492 e. The molecule has 0 amide bonds. The van der Waals surface area contributed by atoms with E-state index in [-0.39, 0.29) is 0 Å². The number of nitrogens with zero attached hydrogens (tertiary/aromatic N) is 1. The average Bonchev–Trinajstić information content (AvgIpc) is 2.81. The maximum Gasteiger partial charge on any atom is 0.328 e. The van der Waals surface area contributed by atoms with Crippen LogP contribution in [0.15, 0.2) is 42.5 Å². The van der Waals surface area contributed by atoms with Gasteiger partial charge in [-0.3, -0.25) is 0 Å². The van der Waals surface area contributed by atoms with E-state index in [1.54, 1.807) is 0 Å². The molecule has 2 aromatic carbocycles. The highest BCUT2D eigenvalue weighted by atomic mass is 16.5. The van der Waals surface area contributed by atoms with Crippen molar-refractivity contribution >= 4 is 11.5 Å². The first-order valence-electron chi connectivity index (χ1n) is 7.94. The Kier molecular flexibility index (Phi) is 4.40. The van der Waals surface area contributed by atoms with E-state index < -0.39 is 5.97 Å². The van der Waals surface area contributed by atoms with Crippen molar-refractivity contribution in [2.75, 3.05) is 27.2 Å². The lowest BCUT2D eigenvalue weighted by atomic mass is 10.0. The third kappa shape index (κ3) is 3.05. The number of hydrogen-bond donors (Lipinski definition) is 1. The fourth-order valence-corrected chi connectivity index (χ4v) is 3.07. The largest absolute Gasteiger partial charge is 0.492 e. The maximum atomic E-state index is 11.3.